The second-order valence-electron chi connectivity index (χ2n) is 7.28. The Morgan fingerprint density at radius 3 is 2.85 bits per heavy atom. The minimum absolute atomic E-state index is 0.335. The number of aliphatic hydroxyl groups is 1. The van der Waals surface area contributed by atoms with E-state index in [1.807, 2.05) is 18.2 Å². The van der Waals surface area contributed by atoms with Gasteiger partial charge in [-0.25, -0.2) is 0 Å². The lowest BCUT2D eigenvalue weighted by molar-refractivity contribution is -0.164. The first-order valence-electron chi connectivity index (χ1n) is 9.36. The van der Waals surface area contributed by atoms with Crippen LogP contribution in [0.15, 0.2) is 30.3 Å². The molecule has 6 nitrogen and oxygen atoms in total. The largest absolute Gasteiger partial charge is 0.469 e. The standard InChI is InChI=1S/C20H29NO5/c1-24-19(23)17-14-21(9-7-18(17)22)10-8-20(15-25-11-12-26-20)13-16-5-3-2-4-6-16/h2-6,17-18,22H,7-15H2,1H3. The maximum absolute atomic E-state index is 11.9. The third-order valence-electron chi connectivity index (χ3n) is 5.42. The van der Waals surface area contributed by atoms with Crippen molar-refractivity contribution >= 4 is 5.97 Å². The van der Waals surface area contributed by atoms with Gasteiger partial charge in [0, 0.05) is 26.1 Å². The van der Waals surface area contributed by atoms with Crippen LogP contribution in [0, 0.1) is 5.92 Å². The Bertz CT molecular complexity index is 573. The number of carbonyl (C=O) groups is 1. The summed E-state index contributed by atoms with van der Waals surface area (Å²) < 4.78 is 16.7. The second kappa shape index (κ2) is 8.95. The highest BCUT2D eigenvalue weighted by atomic mass is 16.6. The van der Waals surface area contributed by atoms with Crippen LogP contribution < -0.4 is 0 Å². The van der Waals surface area contributed by atoms with Crippen LogP contribution in [-0.4, -0.2) is 74.2 Å². The average molecular weight is 363 g/mol. The van der Waals surface area contributed by atoms with Crippen LogP contribution in [-0.2, 0) is 25.4 Å². The molecule has 0 spiro atoms. The lowest BCUT2D eigenvalue weighted by Crippen LogP contribution is -2.51. The third kappa shape index (κ3) is 4.82. The van der Waals surface area contributed by atoms with E-state index in [9.17, 15) is 9.90 Å². The molecule has 2 aliphatic heterocycles. The molecule has 0 saturated carbocycles. The fourth-order valence-electron chi connectivity index (χ4n) is 3.87. The number of methoxy groups -OCH3 is 1. The second-order valence-corrected chi connectivity index (χ2v) is 7.28. The van der Waals surface area contributed by atoms with Crippen molar-refractivity contribution in [2.24, 2.45) is 5.92 Å². The van der Waals surface area contributed by atoms with Gasteiger partial charge < -0.3 is 24.2 Å². The molecule has 0 aliphatic carbocycles. The van der Waals surface area contributed by atoms with E-state index >= 15 is 0 Å². The van der Waals surface area contributed by atoms with Gasteiger partial charge in [-0.15, -0.1) is 0 Å². The van der Waals surface area contributed by atoms with E-state index in [-0.39, 0.29) is 11.6 Å². The molecule has 3 rings (SSSR count). The van der Waals surface area contributed by atoms with E-state index in [1.54, 1.807) is 0 Å². The van der Waals surface area contributed by atoms with Crippen molar-refractivity contribution < 1.29 is 24.1 Å². The van der Waals surface area contributed by atoms with E-state index < -0.39 is 12.0 Å². The number of benzene rings is 1. The van der Waals surface area contributed by atoms with Crippen molar-refractivity contribution in [1.29, 1.82) is 0 Å². The third-order valence-corrected chi connectivity index (χ3v) is 5.42. The zero-order chi connectivity index (χ0) is 18.4. The number of nitrogens with zero attached hydrogens (tertiary/aromatic N) is 1. The smallest absolute Gasteiger partial charge is 0.312 e. The zero-order valence-corrected chi connectivity index (χ0v) is 15.4. The molecule has 26 heavy (non-hydrogen) atoms. The molecule has 1 aromatic rings. The van der Waals surface area contributed by atoms with Crippen LogP contribution in [0.25, 0.3) is 0 Å². The number of piperidine rings is 1. The first kappa shape index (κ1) is 19.3. The minimum Gasteiger partial charge on any atom is -0.469 e. The van der Waals surface area contributed by atoms with Crippen LogP contribution in [0.4, 0.5) is 0 Å². The summed E-state index contributed by atoms with van der Waals surface area (Å²) in [7, 11) is 1.37. The summed E-state index contributed by atoms with van der Waals surface area (Å²) in [5.41, 5.74) is 0.899. The summed E-state index contributed by atoms with van der Waals surface area (Å²) in [6, 6.07) is 10.3. The maximum atomic E-state index is 11.9. The molecule has 3 unspecified atom stereocenters. The Hall–Kier alpha value is -1.47. The highest BCUT2D eigenvalue weighted by Crippen LogP contribution is 2.27. The molecule has 1 aromatic carbocycles. The number of hydrogen-bond donors (Lipinski definition) is 1. The van der Waals surface area contributed by atoms with Gasteiger partial charge in [-0.05, 0) is 18.4 Å². The molecule has 0 radical (unpaired) electrons. The Kier molecular flexibility index (Phi) is 6.64. The number of likely N-dealkylation sites (tertiary alicyclic amines) is 1. The number of rotatable bonds is 6. The first-order valence-corrected chi connectivity index (χ1v) is 9.36. The van der Waals surface area contributed by atoms with Crippen molar-refractivity contribution in [3.63, 3.8) is 0 Å². The summed E-state index contributed by atoms with van der Waals surface area (Å²) >= 11 is 0. The highest BCUT2D eigenvalue weighted by molar-refractivity contribution is 5.73. The van der Waals surface area contributed by atoms with Gasteiger partial charge in [-0.3, -0.25) is 4.79 Å². The molecule has 2 heterocycles. The molecule has 3 atom stereocenters. The average Bonchev–Trinajstić information content (AvgIpc) is 2.68. The van der Waals surface area contributed by atoms with Crippen molar-refractivity contribution in [3.8, 4) is 0 Å². The number of ether oxygens (including phenoxy) is 3. The first-order chi connectivity index (χ1) is 12.6. The Morgan fingerprint density at radius 2 is 2.15 bits per heavy atom. The van der Waals surface area contributed by atoms with Crippen molar-refractivity contribution in [2.75, 3.05) is 46.6 Å². The van der Waals surface area contributed by atoms with E-state index in [4.69, 9.17) is 14.2 Å². The molecule has 1 N–H and O–H groups in total. The van der Waals surface area contributed by atoms with Crippen LogP contribution in [0.3, 0.4) is 0 Å². The Morgan fingerprint density at radius 1 is 1.35 bits per heavy atom. The van der Waals surface area contributed by atoms with Gasteiger partial charge in [-0.1, -0.05) is 30.3 Å². The number of esters is 1. The highest BCUT2D eigenvalue weighted by Gasteiger charge is 2.37. The molecule has 144 valence electrons. The number of hydrogen-bond acceptors (Lipinski definition) is 6. The molecular formula is C20H29NO5. The fourth-order valence-corrected chi connectivity index (χ4v) is 3.87. The van der Waals surface area contributed by atoms with Gasteiger partial charge in [0.2, 0.25) is 0 Å². The maximum Gasteiger partial charge on any atom is 0.312 e. The Balaban J connectivity index is 1.61. The predicted molar refractivity (Wildman–Crippen MR) is 96.8 cm³/mol. The lowest BCUT2D eigenvalue weighted by atomic mass is 9.89. The monoisotopic (exact) mass is 363 g/mol. The van der Waals surface area contributed by atoms with Crippen LogP contribution in [0.2, 0.25) is 0 Å². The quantitative estimate of drug-likeness (QED) is 0.768. The minimum atomic E-state index is -0.619. The van der Waals surface area contributed by atoms with Crippen LogP contribution in [0.5, 0.6) is 0 Å². The van der Waals surface area contributed by atoms with Gasteiger partial charge in [0.1, 0.15) is 0 Å². The van der Waals surface area contributed by atoms with Gasteiger partial charge in [0.05, 0.1) is 44.6 Å². The zero-order valence-electron chi connectivity index (χ0n) is 15.4. The summed E-state index contributed by atoms with van der Waals surface area (Å²) in [5.74, 6) is -0.805. The molecular weight excluding hydrogens is 334 g/mol. The van der Waals surface area contributed by atoms with Crippen molar-refractivity contribution in [2.45, 2.75) is 31.0 Å². The molecule has 0 amide bonds. The van der Waals surface area contributed by atoms with Crippen molar-refractivity contribution in [3.05, 3.63) is 35.9 Å². The van der Waals surface area contributed by atoms with E-state index in [0.29, 0.717) is 32.8 Å². The van der Waals surface area contributed by atoms with Gasteiger partial charge in [0.15, 0.2) is 0 Å². The SMILES string of the molecule is COC(=O)C1CN(CCC2(Cc3ccccc3)COCCO2)CCC1O. The molecule has 0 aromatic heterocycles. The Labute approximate surface area is 155 Å². The summed E-state index contributed by atoms with van der Waals surface area (Å²) in [6.45, 7) is 3.93. The number of carbonyl (C=O) groups excluding carboxylic acids is 1. The van der Waals surface area contributed by atoms with Crippen LogP contribution >= 0.6 is 0 Å². The molecule has 2 fully saturated rings. The van der Waals surface area contributed by atoms with Crippen LogP contribution in [0.1, 0.15) is 18.4 Å². The number of aliphatic hydroxyl groups excluding tert-OH is 1. The normalized spacial score (nSPS) is 30.1. The van der Waals surface area contributed by atoms with E-state index in [0.717, 1.165) is 25.9 Å². The van der Waals surface area contributed by atoms with Crippen molar-refractivity contribution in [1.82, 2.24) is 4.90 Å². The predicted octanol–water partition coefficient (Wildman–Crippen LogP) is 1.26. The fraction of sp³-hybridized carbons (Fsp3) is 0.650. The summed E-state index contributed by atoms with van der Waals surface area (Å²) in [6.07, 6.45) is 1.60. The van der Waals surface area contributed by atoms with E-state index in [2.05, 4.69) is 17.0 Å². The molecule has 2 aliphatic rings. The molecule has 0 bridgehead atoms. The van der Waals surface area contributed by atoms with Gasteiger partial charge in [0.25, 0.3) is 0 Å². The molecule has 6 heteroatoms. The van der Waals surface area contributed by atoms with E-state index in [1.165, 1.54) is 12.7 Å². The molecule has 2 saturated heterocycles. The summed E-state index contributed by atoms with van der Waals surface area (Å²) in [5, 5.41) is 10.1. The van der Waals surface area contributed by atoms with Gasteiger partial charge in [-0.2, -0.15) is 0 Å². The topological polar surface area (TPSA) is 68.2 Å². The lowest BCUT2D eigenvalue weighted by Gasteiger charge is -2.40. The summed E-state index contributed by atoms with van der Waals surface area (Å²) in [4.78, 5) is 14.1. The van der Waals surface area contributed by atoms with Gasteiger partial charge >= 0.3 is 5.97 Å².